The minimum Gasteiger partial charge on any atom is -0.493 e. The van der Waals surface area contributed by atoms with Gasteiger partial charge in [-0.1, -0.05) is 30.3 Å². The van der Waals surface area contributed by atoms with Crippen LogP contribution >= 0.6 is 0 Å². The van der Waals surface area contributed by atoms with Crippen LogP contribution in [0.25, 0.3) is 0 Å². The first-order valence-electron chi connectivity index (χ1n) is 8.10. The van der Waals surface area contributed by atoms with Crippen molar-refractivity contribution in [3.8, 4) is 11.5 Å². The van der Waals surface area contributed by atoms with Gasteiger partial charge in [0, 0.05) is 6.54 Å². The smallest absolute Gasteiger partial charge is 0.329 e. The standard InChI is InChI=1S/C19H21N3O4/c1-3-20-18(23)19(24)22-21-12-15-9-10-16(17(11-15)25-2)26-13-14-7-5-4-6-8-14/h4-12H,3,13H2,1-2H3,(H,20,23)(H,22,24)/b21-12-. The van der Waals surface area contributed by atoms with E-state index in [1.165, 1.54) is 6.21 Å². The first-order chi connectivity index (χ1) is 12.6. The molecule has 0 aliphatic rings. The molecule has 26 heavy (non-hydrogen) atoms. The highest BCUT2D eigenvalue weighted by molar-refractivity contribution is 6.35. The second-order valence-corrected chi connectivity index (χ2v) is 5.24. The van der Waals surface area contributed by atoms with Crippen LogP contribution in [0.1, 0.15) is 18.1 Å². The van der Waals surface area contributed by atoms with Crippen molar-refractivity contribution in [2.45, 2.75) is 13.5 Å². The summed E-state index contributed by atoms with van der Waals surface area (Å²) < 4.78 is 11.1. The molecule has 2 N–H and O–H groups in total. The number of hydrogen-bond donors (Lipinski definition) is 2. The third kappa shape index (κ3) is 5.62. The molecule has 0 aliphatic carbocycles. The number of ether oxygens (including phenoxy) is 2. The molecule has 136 valence electrons. The Morgan fingerprint density at radius 3 is 2.54 bits per heavy atom. The molecule has 7 heteroatoms. The van der Waals surface area contributed by atoms with Gasteiger partial charge in [-0.05, 0) is 36.2 Å². The zero-order valence-electron chi connectivity index (χ0n) is 14.7. The largest absolute Gasteiger partial charge is 0.493 e. The van der Waals surface area contributed by atoms with Crippen molar-refractivity contribution in [2.75, 3.05) is 13.7 Å². The summed E-state index contributed by atoms with van der Waals surface area (Å²) in [7, 11) is 1.54. The second-order valence-electron chi connectivity index (χ2n) is 5.24. The van der Waals surface area contributed by atoms with Crippen LogP contribution in [0, 0.1) is 0 Å². The van der Waals surface area contributed by atoms with E-state index in [2.05, 4.69) is 15.8 Å². The quantitative estimate of drug-likeness (QED) is 0.451. The van der Waals surface area contributed by atoms with Gasteiger partial charge in [0.15, 0.2) is 11.5 Å². The Hall–Kier alpha value is -3.35. The molecule has 2 rings (SSSR count). The summed E-state index contributed by atoms with van der Waals surface area (Å²) in [4.78, 5) is 22.7. The highest BCUT2D eigenvalue weighted by atomic mass is 16.5. The van der Waals surface area contributed by atoms with E-state index in [-0.39, 0.29) is 0 Å². The summed E-state index contributed by atoms with van der Waals surface area (Å²) in [5, 5.41) is 6.15. The predicted molar refractivity (Wildman–Crippen MR) is 98.2 cm³/mol. The molecule has 7 nitrogen and oxygen atoms in total. The molecule has 0 saturated heterocycles. The van der Waals surface area contributed by atoms with E-state index in [9.17, 15) is 9.59 Å². The van der Waals surface area contributed by atoms with Crippen molar-refractivity contribution >= 4 is 18.0 Å². The molecule has 2 amide bonds. The maximum Gasteiger partial charge on any atom is 0.329 e. The number of nitrogens with zero attached hydrogens (tertiary/aromatic N) is 1. The summed E-state index contributed by atoms with van der Waals surface area (Å²) in [6.45, 7) is 2.52. The normalized spacial score (nSPS) is 10.4. The first kappa shape index (κ1) is 19.0. The molecule has 0 saturated carbocycles. The predicted octanol–water partition coefficient (Wildman–Crippen LogP) is 1.86. The van der Waals surface area contributed by atoms with Gasteiger partial charge in [-0.3, -0.25) is 9.59 Å². The maximum absolute atomic E-state index is 11.4. The van der Waals surface area contributed by atoms with E-state index in [1.54, 1.807) is 32.2 Å². The van der Waals surface area contributed by atoms with Gasteiger partial charge in [-0.25, -0.2) is 5.43 Å². The minimum atomic E-state index is -0.821. The van der Waals surface area contributed by atoms with E-state index < -0.39 is 11.8 Å². The summed E-state index contributed by atoms with van der Waals surface area (Å²) in [6, 6.07) is 15.1. The van der Waals surface area contributed by atoms with E-state index in [4.69, 9.17) is 9.47 Å². The Labute approximate surface area is 152 Å². The molecule has 0 radical (unpaired) electrons. The Morgan fingerprint density at radius 1 is 1.08 bits per heavy atom. The van der Waals surface area contributed by atoms with E-state index >= 15 is 0 Å². The molecule has 0 bridgehead atoms. The molecule has 2 aromatic rings. The first-order valence-corrected chi connectivity index (χ1v) is 8.10. The fourth-order valence-electron chi connectivity index (χ4n) is 2.08. The van der Waals surface area contributed by atoms with Crippen LogP contribution in [-0.4, -0.2) is 31.7 Å². The van der Waals surface area contributed by atoms with Gasteiger partial charge < -0.3 is 14.8 Å². The Bertz CT molecular complexity index is 776. The monoisotopic (exact) mass is 355 g/mol. The lowest BCUT2D eigenvalue weighted by Crippen LogP contribution is -2.37. The van der Waals surface area contributed by atoms with Gasteiger partial charge >= 0.3 is 11.8 Å². The van der Waals surface area contributed by atoms with Crippen molar-refractivity contribution in [1.82, 2.24) is 10.7 Å². The minimum absolute atomic E-state index is 0.373. The summed E-state index contributed by atoms with van der Waals surface area (Å²) in [5.74, 6) is -0.412. The van der Waals surface area contributed by atoms with Gasteiger partial charge in [0.1, 0.15) is 6.61 Å². The molecule has 0 aliphatic heterocycles. The number of rotatable bonds is 7. The number of hydrogen-bond acceptors (Lipinski definition) is 5. The zero-order valence-corrected chi connectivity index (χ0v) is 14.7. The van der Waals surface area contributed by atoms with Crippen LogP contribution in [-0.2, 0) is 16.2 Å². The lowest BCUT2D eigenvalue weighted by molar-refractivity contribution is -0.139. The lowest BCUT2D eigenvalue weighted by atomic mass is 10.2. The summed E-state index contributed by atoms with van der Waals surface area (Å²) >= 11 is 0. The highest BCUT2D eigenvalue weighted by Crippen LogP contribution is 2.28. The highest BCUT2D eigenvalue weighted by Gasteiger charge is 2.10. The molecular weight excluding hydrogens is 334 g/mol. The molecular formula is C19H21N3O4. The van der Waals surface area contributed by atoms with Crippen molar-refractivity contribution in [3.63, 3.8) is 0 Å². The average molecular weight is 355 g/mol. The molecule has 0 fully saturated rings. The average Bonchev–Trinajstić information content (AvgIpc) is 2.67. The van der Waals surface area contributed by atoms with Crippen molar-refractivity contribution < 1.29 is 19.1 Å². The van der Waals surface area contributed by atoms with E-state index in [0.717, 1.165) is 5.56 Å². The number of methoxy groups -OCH3 is 1. The van der Waals surface area contributed by atoms with E-state index in [0.29, 0.717) is 30.2 Å². The Morgan fingerprint density at radius 2 is 1.85 bits per heavy atom. The Balaban J connectivity index is 1.98. The van der Waals surface area contributed by atoms with Gasteiger partial charge in [0.05, 0.1) is 13.3 Å². The number of nitrogens with one attached hydrogen (secondary N) is 2. The number of amides is 2. The van der Waals surface area contributed by atoms with Gasteiger partial charge in [0.2, 0.25) is 0 Å². The summed E-state index contributed by atoms with van der Waals surface area (Å²) in [6.07, 6.45) is 1.42. The van der Waals surface area contributed by atoms with Gasteiger partial charge in [0.25, 0.3) is 0 Å². The van der Waals surface area contributed by atoms with Crippen molar-refractivity contribution in [3.05, 3.63) is 59.7 Å². The molecule has 0 atom stereocenters. The third-order valence-electron chi connectivity index (χ3n) is 3.35. The molecule has 2 aromatic carbocycles. The number of carbonyl (C=O) groups excluding carboxylic acids is 2. The number of hydrazone groups is 1. The van der Waals surface area contributed by atoms with Gasteiger partial charge in [-0.15, -0.1) is 0 Å². The van der Waals surface area contributed by atoms with Crippen LogP contribution in [0.3, 0.4) is 0 Å². The number of carbonyl (C=O) groups is 2. The van der Waals surface area contributed by atoms with Crippen molar-refractivity contribution in [1.29, 1.82) is 0 Å². The molecule has 0 spiro atoms. The fraction of sp³-hybridized carbons (Fsp3) is 0.211. The van der Waals surface area contributed by atoms with Crippen LogP contribution in [0.15, 0.2) is 53.6 Å². The lowest BCUT2D eigenvalue weighted by Gasteiger charge is -2.11. The Kier molecular flexibility index (Phi) is 7.17. The topological polar surface area (TPSA) is 89.0 Å². The van der Waals surface area contributed by atoms with Crippen LogP contribution < -0.4 is 20.2 Å². The number of likely N-dealkylation sites (N-methyl/N-ethyl adjacent to an activating group) is 1. The third-order valence-corrected chi connectivity index (χ3v) is 3.35. The summed E-state index contributed by atoms with van der Waals surface area (Å²) in [5.41, 5.74) is 3.90. The molecule has 0 unspecified atom stereocenters. The van der Waals surface area contributed by atoms with Gasteiger partial charge in [-0.2, -0.15) is 5.10 Å². The van der Waals surface area contributed by atoms with Crippen LogP contribution in [0.4, 0.5) is 0 Å². The van der Waals surface area contributed by atoms with E-state index in [1.807, 2.05) is 30.3 Å². The van der Waals surface area contributed by atoms with Crippen LogP contribution in [0.2, 0.25) is 0 Å². The molecule has 0 aromatic heterocycles. The fourth-order valence-corrected chi connectivity index (χ4v) is 2.08. The zero-order chi connectivity index (χ0) is 18.8. The van der Waals surface area contributed by atoms with Crippen LogP contribution in [0.5, 0.6) is 11.5 Å². The maximum atomic E-state index is 11.4. The second kappa shape index (κ2) is 9.83. The number of benzene rings is 2. The van der Waals surface area contributed by atoms with Crippen molar-refractivity contribution in [2.24, 2.45) is 5.10 Å². The SMILES string of the molecule is CCNC(=O)C(=O)N/N=C\c1ccc(OCc2ccccc2)c(OC)c1. The molecule has 0 heterocycles.